The third kappa shape index (κ3) is 8.86. The molecule has 2 N–H and O–H groups in total. The molecule has 2 nitrogen and oxygen atoms in total. The van der Waals surface area contributed by atoms with Crippen LogP contribution in [0.2, 0.25) is 0 Å². The molecule has 0 aromatic rings. The molecule has 0 bridgehead atoms. The van der Waals surface area contributed by atoms with Gasteiger partial charge in [0.05, 0.1) is 6.10 Å². The molecule has 1 rings (SSSR count). The molecule has 0 spiro atoms. The van der Waals surface area contributed by atoms with Crippen molar-refractivity contribution >= 4 is 0 Å². The van der Waals surface area contributed by atoms with Crippen LogP contribution in [0.1, 0.15) is 32.1 Å². The fourth-order valence-corrected chi connectivity index (χ4v) is 1.14. The normalized spacial score (nSPS) is 25.1. The van der Waals surface area contributed by atoms with Gasteiger partial charge in [0.15, 0.2) is 0 Å². The van der Waals surface area contributed by atoms with Gasteiger partial charge in [-0.05, 0) is 32.1 Å². The summed E-state index contributed by atoms with van der Waals surface area (Å²) in [7, 11) is 1.25. The molecule has 3 heteroatoms. The van der Waals surface area contributed by atoms with E-state index in [9.17, 15) is 5.11 Å². The van der Waals surface area contributed by atoms with E-state index in [-0.39, 0.29) is 38.8 Å². The molecule has 69 valence electrons. The first-order valence-corrected chi connectivity index (χ1v) is 4.22. The summed E-state index contributed by atoms with van der Waals surface area (Å²) < 4.78 is 0. The van der Waals surface area contributed by atoms with Crippen molar-refractivity contribution in [2.24, 2.45) is 0 Å². The van der Waals surface area contributed by atoms with E-state index in [1.807, 2.05) is 0 Å². The van der Waals surface area contributed by atoms with Crippen LogP contribution in [0, 0.1) is 0 Å². The molecule has 1 atom stereocenters. The molecule has 0 saturated carbocycles. The molecule has 0 aliphatic heterocycles. The van der Waals surface area contributed by atoms with E-state index < -0.39 is 0 Å². The molecule has 0 aromatic carbocycles. The minimum absolute atomic E-state index is 0. The first-order valence-electron chi connectivity index (χ1n) is 4.22. The van der Waals surface area contributed by atoms with Gasteiger partial charge in [0.1, 0.15) is 0 Å². The van der Waals surface area contributed by atoms with Crippen LogP contribution in [0.3, 0.4) is 0 Å². The van der Waals surface area contributed by atoms with Crippen molar-refractivity contribution < 1.29 is 37.8 Å². The molecule has 0 fully saturated rings. The van der Waals surface area contributed by atoms with E-state index in [0.717, 1.165) is 32.1 Å². The van der Waals surface area contributed by atoms with Crippen molar-refractivity contribution in [2.75, 3.05) is 7.05 Å². The van der Waals surface area contributed by atoms with E-state index in [1.165, 1.54) is 7.05 Å². The van der Waals surface area contributed by atoms with Crippen molar-refractivity contribution in [3.05, 3.63) is 17.9 Å². The van der Waals surface area contributed by atoms with Crippen LogP contribution in [-0.2, 0) is 32.7 Å². The largest absolute Gasteiger partial charge is 0.680 e. The zero-order valence-electron chi connectivity index (χ0n) is 7.79. The van der Waals surface area contributed by atoms with Crippen LogP contribution in [0.4, 0.5) is 0 Å². The van der Waals surface area contributed by atoms with Crippen LogP contribution in [0.5, 0.6) is 0 Å². The van der Waals surface area contributed by atoms with Crippen LogP contribution >= 0.6 is 0 Å². The van der Waals surface area contributed by atoms with Gasteiger partial charge < -0.3 is 10.8 Å². The van der Waals surface area contributed by atoms with Gasteiger partial charge in [-0.1, -0.05) is 12.2 Å². The summed E-state index contributed by atoms with van der Waals surface area (Å²) >= 11 is 0. The summed E-state index contributed by atoms with van der Waals surface area (Å²) in [5, 5.41) is 9.18. The predicted molar refractivity (Wildman–Crippen MR) is 48.5 cm³/mol. The van der Waals surface area contributed by atoms with Crippen molar-refractivity contribution in [3.8, 4) is 0 Å². The summed E-state index contributed by atoms with van der Waals surface area (Å²) in [5.41, 5.74) is 5.75. The van der Waals surface area contributed by atoms with Crippen LogP contribution < -0.4 is 0 Å². The van der Waals surface area contributed by atoms with Gasteiger partial charge in [0.25, 0.3) is 0 Å². The van der Waals surface area contributed by atoms with Crippen molar-refractivity contribution in [2.45, 2.75) is 38.2 Å². The van der Waals surface area contributed by atoms with Gasteiger partial charge in [-0.15, -0.1) is 0 Å². The Kier molecular flexibility index (Phi) is 14.9. The van der Waals surface area contributed by atoms with E-state index in [2.05, 4.69) is 12.2 Å². The van der Waals surface area contributed by atoms with Crippen LogP contribution in [-0.4, -0.2) is 18.3 Å². The van der Waals surface area contributed by atoms with Gasteiger partial charge >= 0.3 is 0 Å². The molecule has 1 radical (unpaired) electrons. The summed E-state index contributed by atoms with van der Waals surface area (Å²) in [5.74, 6) is 0. The Labute approximate surface area is 100 Å². The molecule has 1 unspecified atom stereocenters. The third-order valence-corrected chi connectivity index (χ3v) is 1.74. The van der Waals surface area contributed by atoms with Crippen molar-refractivity contribution in [1.82, 2.24) is 0 Å². The Morgan fingerprint density at radius 3 is 2.42 bits per heavy atom. The predicted octanol–water partition coefficient (Wildman–Crippen LogP) is 2.53. The maximum absolute atomic E-state index is 9.18. The molecule has 1 aliphatic carbocycles. The molecule has 1 aliphatic rings. The van der Waals surface area contributed by atoms with E-state index in [1.54, 1.807) is 0 Å². The zero-order chi connectivity index (χ0) is 8.53. The second kappa shape index (κ2) is 11.8. The molecule has 0 saturated heterocycles. The van der Waals surface area contributed by atoms with E-state index >= 15 is 0 Å². The molecule has 0 aromatic heterocycles. The summed E-state index contributed by atoms with van der Waals surface area (Å²) in [6.07, 6.45) is 9.65. The maximum atomic E-state index is 9.18. The third-order valence-electron chi connectivity index (χ3n) is 1.74. The Hall–Kier alpha value is 0.764. The fourth-order valence-electron chi connectivity index (χ4n) is 1.14. The van der Waals surface area contributed by atoms with Gasteiger partial charge in [0, 0.05) is 32.7 Å². The average molecular weight is 245 g/mol. The minimum Gasteiger partial charge on any atom is -0.680 e. The Bertz CT molecular complexity index is 107. The second-order valence-electron chi connectivity index (χ2n) is 2.63. The Balaban J connectivity index is 0. The number of aliphatic hydroxyl groups is 1. The molecular formula is C9H18NOY-. The second-order valence-corrected chi connectivity index (χ2v) is 2.63. The van der Waals surface area contributed by atoms with Crippen LogP contribution in [0.15, 0.2) is 12.2 Å². The SMILES string of the molecule is C[NH-].OC1CC/C=C/CCC1.[Y]. The smallest absolute Gasteiger partial charge is 0.0543 e. The molecule has 0 heterocycles. The van der Waals surface area contributed by atoms with Crippen LogP contribution in [0.25, 0.3) is 5.73 Å². The van der Waals surface area contributed by atoms with Crippen molar-refractivity contribution in [3.63, 3.8) is 0 Å². The van der Waals surface area contributed by atoms with Crippen molar-refractivity contribution in [1.29, 1.82) is 0 Å². The summed E-state index contributed by atoms with van der Waals surface area (Å²) in [6.45, 7) is 0. The number of aliphatic hydroxyl groups excluding tert-OH is 1. The van der Waals surface area contributed by atoms with Gasteiger partial charge in [0.2, 0.25) is 0 Å². The molecular weight excluding hydrogens is 227 g/mol. The monoisotopic (exact) mass is 245 g/mol. The molecule has 0 amide bonds. The minimum atomic E-state index is -0.0325. The van der Waals surface area contributed by atoms with Gasteiger partial charge in [-0.2, -0.15) is 7.05 Å². The molecule has 12 heavy (non-hydrogen) atoms. The Morgan fingerprint density at radius 1 is 1.17 bits per heavy atom. The number of hydrogen-bond acceptors (Lipinski definition) is 1. The zero-order valence-corrected chi connectivity index (χ0v) is 10.6. The van der Waals surface area contributed by atoms with E-state index in [0.29, 0.717) is 0 Å². The van der Waals surface area contributed by atoms with Gasteiger partial charge in [-0.25, -0.2) is 0 Å². The Morgan fingerprint density at radius 2 is 1.75 bits per heavy atom. The number of rotatable bonds is 0. The number of nitrogens with one attached hydrogen (secondary N) is 1. The summed E-state index contributed by atoms with van der Waals surface area (Å²) in [4.78, 5) is 0. The summed E-state index contributed by atoms with van der Waals surface area (Å²) in [6, 6.07) is 0. The standard InChI is InChI=1S/C8H14O.CH4N.Y/c9-8-6-4-2-1-3-5-7-8;1-2;/h1-2,8-9H,3-7H2;2H,1H3;/q;-1;/b2-1+;;. The maximum Gasteiger partial charge on any atom is 0.0543 e. The van der Waals surface area contributed by atoms with Gasteiger partial charge in [-0.3, -0.25) is 0 Å². The number of allylic oxidation sites excluding steroid dienone is 2. The topological polar surface area (TPSA) is 44.0 Å². The first-order chi connectivity index (χ1) is 5.39. The average Bonchev–Trinajstić information content (AvgIpc) is 2.01. The quantitative estimate of drug-likeness (QED) is 0.655. The first kappa shape index (κ1) is 15.2. The fraction of sp³-hybridized carbons (Fsp3) is 0.778. The number of hydrogen-bond donors (Lipinski definition) is 1. The van der Waals surface area contributed by atoms with E-state index in [4.69, 9.17) is 5.73 Å².